The van der Waals surface area contributed by atoms with Crippen molar-refractivity contribution >= 4 is 11.5 Å². The van der Waals surface area contributed by atoms with Gasteiger partial charge in [0.05, 0.1) is 5.56 Å². The highest BCUT2D eigenvalue weighted by atomic mass is 16.3. The molecule has 2 rings (SSSR count). The van der Waals surface area contributed by atoms with E-state index in [1.807, 2.05) is 0 Å². The number of hydrogen-bond donors (Lipinski definition) is 3. The van der Waals surface area contributed by atoms with Gasteiger partial charge in [0.1, 0.15) is 22.8 Å². The standard InChI is InChI=1S/C15H15NO4/c1-16(2)9-7-12(18)14(13(19)8-9)15(20)10-5-3-4-6-11(10)17/h3-8,17-19H,1-2H3. The number of phenolic OH excluding ortho intramolecular Hbond substituents is 3. The molecule has 0 fully saturated rings. The number of phenols is 3. The van der Waals surface area contributed by atoms with Crippen LogP contribution in [0.2, 0.25) is 0 Å². The minimum Gasteiger partial charge on any atom is -0.507 e. The lowest BCUT2D eigenvalue weighted by molar-refractivity contribution is 0.103. The molecule has 0 radical (unpaired) electrons. The first-order chi connectivity index (χ1) is 9.41. The van der Waals surface area contributed by atoms with E-state index in [2.05, 4.69) is 0 Å². The van der Waals surface area contributed by atoms with E-state index in [1.165, 1.54) is 24.3 Å². The molecular formula is C15H15NO4. The van der Waals surface area contributed by atoms with Gasteiger partial charge in [-0.05, 0) is 12.1 Å². The average molecular weight is 273 g/mol. The summed E-state index contributed by atoms with van der Waals surface area (Å²) in [4.78, 5) is 14.0. The molecule has 2 aromatic rings. The minimum atomic E-state index is -0.636. The molecule has 0 spiro atoms. The van der Waals surface area contributed by atoms with Crippen molar-refractivity contribution in [2.45, 2.75) is 0 Å². The largest absolute Gasteiger partial charge is 0.507 e. The van der Waals surface area contributed by atoms with E-state index in [0.29, 0.717) is 5.69 Å². The number of carbonyl (C=O) groups is 1. The number of carbonyl (C=O) groups excluding carboxylic acids is 1. The van der Waals surface area contributed by atoms with Gasteiger partial charge in [0, 0.05) is 31.9 Å². The highest BCUT2D eigenvalue weighted by Gasteiger charge is 2.21. The molecular weight excluding hydrogens is 258 g/mol. The van der Waals surface area contributed by atoms with Gasteiger partial charge >= 0.3 is 0 Å². The second-order valence-corrected chi connectivity index (χ2v) is 4.60. The summed E-state index contributed by atoms with van der Waals surface area (Å²) < 4.78 is 0. The van der Waals surface area contributed by atoms with E-state index in [1.54, 1.807) is 31.1 Å². The van der Waals surface area contributed by atoms with Crippen LogP contribution in [0.25, 0.3) is 0 Å². The average Bonchev–Trinajstić information content (AvgIpc) is 2.38. The van der Waals surface area contributed by atoms with E-state index >= 15 is 0 Å². The van der Waals surface area contributed by atoms with E-state index in [4.69, 9.17) is 0 Å². The fraction of sp³-hybridized carbons (Fsp3) is 0.133. The first-order valence-electron chi connectivity index (χ1n) is 5.98. The molecule has 5 heteroatoms. The number of anilines is 1. The van der Waals surface area contributed by atoms with E-state index < -0.39 is 5.78 Å². The van der Waals surface area contributed by atoms with Gasteiger partial charge in [-0.2, -0.15) is 0 Å². The molecule has 104 valence electrons. The van der Waals surface area contributed by atoms with Gasteiger partial charge in [-0.15, -0.1) is 0 Å². The van der Waals surface area contributed by atoms with Crippen molar-refractivity contribution in [3.05, 3.63) is 47.5 Å². The lowest BCUT2D eigenvalue weighted by Gasteiger charge is -2.15. The van der Waals surface area contributed by atoms with Crippen LogP contribution < -0.4 is 4.90 Å². The third-order valence-electron chi connectivity index (χ3n) is 2.97. The minimum absolute atomic E-state index is 0.0238. The van der Waals surface area contributed by atoms with Crippen molar-refractivity contribution < 1.29 is 20.1 Å². The second kappa shape index (κ2) is 5.13. The third kappa shape index (κ3) is 2.38. The van der Waals surface area contributed by atoms with E-state index in [9.17, 15) is 20.1 Å². The van der Waals surface area contributed by atoms with Crippen LogP contribution in [0.5, 0.6) is 17.2 Å². The number of nitrogens with zero attached hydrogens (tertiary/aromatic N) is 1. The van der Waals surface area contributed by atoms with Gasteiger partial charge in [0.2, 0.25) is 5.78 Å². The summed E-state index contributed by atoms with van der Waals surface area (Å²) in [6.07, 6.45) is 0. The number of rotatable bonds is 3. The second-order valence-electron chi connectivity index (χ2n) is 4.60. The molecule has 3 N–H and O–H groups in total. The van der Waals surface area contributed by atoms with Crippen molar-refractivity contribution in [3.8, 4) is 17.2 Å². The van der Waals surface area contributed by atoms with Crippen LogP contribution in [0.4, 0.5) is 5.69 Å². The Balaban J connectivity index is 2.54. The van der Waals surface area contributed by atoms with Crippen LogP contribution >= 0.6 is 0 Å². The van der Waals surface area contributed by atoms with Crippen molar-refractivity contribution in [1.29, 1.82) is 0 Å². The van der Waals surface area contributed by atoms with Crippen molar-refractivity contribution in [1.82, 2.24) is 0 Å². The summed E-state index contributed by atoms with van der Waals surface area (Å²) in [5, 5.41) is 29.6. The molecule has 0 aliphatic rings. The fourth-order valence-electron chi connectivity index (χ4n) is 1.89. The van der Waals surface area contributed by atoms with Gasteiger partial charge < -0.3 is 20.2 Å². The zero-order valence-corrected chi connectivity index (χ0v) is 11.2. The van der Waals surface area contributed by atoms with Crippen molar-refractivity contribution in [3.63, 3.8) is 0 Å². The van der Waals surface area contributed by atoms with Crippen LogP contribution in [0.15, 0.2) is 36.4 Å². The Bertz CT molecular complexity index is 642. The normalized spacial score (nSPS) is 10.3. The molecule has 0 amide bonds. The Hall–Kier alpha value is -2.69. The van der Waals surface area contributed by atoms with Gasteiger partial charge in [0.15, 0.2) is 0 Å². The summed E-state index contributed by atoms with van der Waals surface area (Å²) in [5.41, 5.74) is 0.363. The number of hydrogen-bond acceptors (Lipinski definition) is 5. The Kier molecular flexibility index (Phi) is 3.52. The smallest absolute Gasteiger partial charge is 0.204 e. The molecule has 0 bridgehead atoms. The van der Waals surface area contributed by atoms with Gasteiger partial charge in [-0.1, -0.05) is 12.1 Å². The Labute approximate surface area is 116 Å². The van der Waals surface area contributed by atoms with E-state index in [0.717, 1.165) is 0 Å². The van der Waals surface area contributed by atoms with Gasteiger partial charge in [0.25, 0.3) is 0 Å². The van der Waals surface area contributed by atoms with Crippen LogP contribution in [0.3, 0.4) is 0 Å². The summed E-state index contributed by atoms with van der Waals surface area (Å²) in [5.74, 6) is -1.50. The molecule has 0 aliphatic heterocycles. The van der Waals surface area contributed by atoms with Crippen LogP contribution in [-0.2, 0) is 0 Å². The number of ketones is 1. The first kappa shape index (κ1) is 13.7. The molecule has 0 aliphatic carbocycles. The highest BCUT2D eigenvalue weighted by molar-refractivity contribution is 6.14. The topological polar surface area (TPSA) is 81.0 Å². The van der Waals surface area contributed by atoms with Gasteiger partial charge in [-0.25, -0.2) is 0 Å². The van der Waals surface area contributed by atoms with Crippen molar-refractivity contribution in [2.75, 3.05) is 19.0 Å². The van der Waals surface area contributed by atoms with Gasteiger partial charge in [-0.3, -0.25) is 4.79 Å². The Morgan fingerprint density at radius 2 is 1.50 bits per heavy atom. The van der Waals surface area contributed by atoms with Crippen molar-refractivity contribution in [2.24, 2.45) is 0 Å². The maximum Gasteiger partial charge on any atom is 0.204 e. The molecule has 20 heavy (non-hydrogen) atoms. The quantitative estimate of drug-likeness (QED) is 0.746. The number of aromatic hydroxyl groups is 3. The summed E-state index contributed by atoms with van der Waals surface area (Å²) >= 11 is 0. The predicted molar refractivity (Wildman–Crippen MR) is 75.6 cm³/mol. The van der Waals surface area contributed by atoms with Crippen LogP contribution in [0, 0.1) is 0 Å². The molecule has 5 nitrogen and oxygen atoms in total. The zero-order valence-electron chi connectivity index (χ0n) is 11.2. The predicted octanol–water partition coefficient (Wildman–Crippen LogP) is 2.10. The van der Waals surface area contributed by atoms with E-state index in [-0.39, 0.29) is 28.4 Å². The molecule has 0 unspecified atom stereocenters. The molecule has 0 saturated carbocycles. The highest BCUT2D eigenvalue weighted by Crippen LogP contribution is 2.35. The van der Waals surface area contributed by atoms with Crippen LogP contribution in [0.1, 0.15) is 15.9 Å². The maximum atomic E-state index is 12.3. The monoisotopic (exact) mass is 273 g/mol. The summed E-state index contributed by atoms with van der Waals surface area (Å²) in [7, 11) is 3.50. The molecule has 0 atom stereocenters. The molecule has 0 saturated heterocycles. The Morgan fingerprint density at radius 1 is 0.950 bits per heavy atom. The van der Waals surface area contributed by atoms with Crippen LogP contribution in [-0.4, -0.2) is 35.2 Å². The first-order valence-corrected chi connectivity index (χ1v) is 5.98. The maximum absolute atomic E-state index is 12.3. The Morgan fingerprint density at radius 3 is 2.00 bits per heavy atom. The lowest BCUT2D eigenvalue weighted by atomic mass is 10.00. The number of benzene rings is 2. The fourth-order valence-corrected chi connectivity index (χ4v) is 1.89. The lowest BCUT2D eigenvalue weighted by Crippen LogP contribution is -2.10. The molecule has 0 heterocycles. The zero-order chi connectivity index (χ0) is 14.9. The summed E-state index contributed by atoms with van der Waals surface area (Å²) in [6, 6.07) is 8.74. The summed E-state index contributed by atoms with van der Waals surface area (Å²) in [6.45, 7) is 0. The number of para-hydroxylation sites is 1. The molecule has 2 aromatic carbocycles. The third-order valence-corrected chi connectivity index (χ3v) is 2.97. The SMILES string of the molecule is CN(C)c1cc(O)c(C(=O)c2ccccc2O)c(O)c1. The molecule has 0 aromatic heterocycles.